The molecule has 2 aromatic carbocycles. The van der Waals surface area contributed by atoms with Crippen LogP contribution in [0.1, 0.15) is 19.4 Å². The first-order valence-electron chi connectivity index (χ1n) is 6.83. The molecule has 0 atom stereocenters. The first-order valence-corrected chi connectivity index (χ1v) is 6.83. The molecule has 0 aliphatic rings. The van der Waals surface area contributed by atoms with E-state index in [0.717, 1.165) is 17.6 Å². The largest absolute Gasteiger partial charge is 0.389 e. The van der Waals surface area contributed by atoms with Crippen LogP contribution < -0.4 is 5.46 Å². The van der Waals surface area contributed by atoms with E-state index >= 15 is 0 Å². The predicted molar refractivity (Wildman–Crippen MR) is 80.1 cm³/mol. The van der Waals surface area contributed by atoms with Crippen molar-refractivity contribution in [3.63, 3.8) is 0 Å². The number of halogens is 4. The van der Waals surface area contributed by atoms with Gasteiger partial charge in [-0.15, -0.1) is 0 Å². The maximum absolute atomic E-state index is 14.1. The zero-order chi connectivity index (χ0) is 16.5. The summed E-state index contributed by atoms with van der Waals surface area (Å²) in [5.41, 5.74) is 0.218. The van der Waals surface area contributed by atoms with Crippen molar-refractivity contribution in [1.82, 2.24) is 0 Å². The van der Waals surface area contributed by atoms with Gasteiger partial charge >= 0.3 is 6.11 Å². The second kappa shape index (κ2) is 6.12. The van der Waals surface area contributed by atoms with Gasteiger partial charge in [0.15, 0.2) is 0 Å². The van der Waals surface area contributed by atoms with Crippen LogP contribution in [-0.4, -0.2) is 14.0 Å². The van der Waals surface area contributed by atoms with Crippen LogP contribution in [-0.2, 0) is 10.8 Å². The molecule has 0 saturated heterocycles. The van der Waals surface area contributed by atoms with E-state index in [1.54, 1.807) is 32.1 Å². The lowest BCUT2D eigenvalue weighted by Crippen LogP contribution is -2.25. The fraction of sp³-hybridized carbons (Fsp3) is 0.250. The van der Waals surface area contributed by atoms with Crippen molar-refractivity contribution < 1.29 is 22.3 Å². The van der Waals surface area contributed by atoms with E-state index in [9.17, 15) is 17.6 Å². The number of ether oxygens (including phenoxy) is 1. The standard InChI is InChI=1S/C16H15BF4O/c1-9(2)22-16(20,21)15-13(18)7-10(8-14(15)19)11-5-3-4-6-12(11)17/h3-9H,17H2,1-2H3. The quantitative estimate of drug-likeness (QED) is 0.621. The van der Waals surface area contributed by atoms with Gasteiger partial charge in [-0.3, -0.25) is 0 Å². The number of rotatable bonds is 4. The number of benzene rings is 2. The van der Waals surface area contributed by atoms with Gasteiger partial charge in [-0.1, -0.05) is 29.7 Å². The highest BCUT2D eigenvalue weighted by Gasteiger charge is 2.40. The molecule has 2 rings (SSSR count). The van der Waals surface area contributed by atoms with E-state index in [1.807, 2.05) is 0 Å². The third-order valence-electron chi connectivity index (χ3n) is 3.17. The fourth-order valence-electron chi connectivity index (χ4n) is 2.26. The second-order valence-electron chi connectivity index (χ2n) is 5.31. The van der Waals surface area contributed by atoms with Gasteiger partial charge in [-0.05, 0) is 37.1 Å². The van der Waals surface area contributed by atoms with E-state index in [2.05, 4.69) is 4.74 Å². The summed E-state index contributed by atoms with van der Waals surface area (Å²) in [6.45, 7) is 2.73. The van der Waals surface area contributed by atoms with Crippen molar-refractivity contribution in [2.24, 2.45) is 0 Å². The van der Waals surface area contributed by atoms with Crippen molar-refractivity contribution in [3.8, 4) is 11.1 Å². The van der Waals surface area contributed by atoms with E-state index in [-0.39, 0.29) is 5.56 Å². The van der Waals surface area contributed by atoms with Crippen LogP contribution in [0.3, 0.4) is 0 Å². The van der Waals surface area contributed by atoms with Crippen molar-refractivity contribution in [2.75, 3.05) is 0 Å². The highest BCUT2D eigenvalue weighted by atomic mass is 19.3. The third-order valence-corrected chi connectivity index (χ3v) is 3.17. The molecule has 22 heavy (non-hydrogen) atoms. The lowest BCUT2D eigenvalue weighted by Gasteiger charge is -2.21. The highest BCUT2D eigenvalue weighted by molar-refractivity contribution is 6.35. The molecule has 0 aromatic heterocycles. The predicted octanol–water partition coefficient (Wildman–Crippen LogP) is 3.36. The lowest BCUT2D eigenvalue weighted by atomic mass is 9.87. The Morgan fingerprint density at radius 1 is 1.05 bits per heavy atom. The van der Waals surface area contributed by atoms with Gasteiger partial charge in [-0.25, -0.2) is 8.78 Å². The minimum atomic E-state index is -4.02. The monoisotopic (exact) mass is 310 g/mol. The Bertz CT molecular complexity index is 663. The van der Waals surface area contributed by atoms with Gasteiger partial charge in [0, 0.05) is 0 Å². The molecule has 116 valence electrons. The molecule has 0 bridgehead atoms. The molecule has 2 aromatic rings. The number of hydrogen-bond acceptors (Lipinski definition) is 1. The molecule has 0 aliphatic carbocycles. The molecule has 0 spiro atoms. The molecule has 0 unspecified atom stereocenters. The van der Waals surface area contributed by atoms with Crippen molar-refractivity contribution >= 4 is 13.3 Å². The smallest absolute Gasteiger partial charge is 0.314 e. The zero-order valence-electron chi connectivity index (χ0n) is 12.5. The molecule has 0 saturated carbocycles. The summed E-state index contributed by atoms with van der Waals surface area (Å²) in [7, 11) is 1.77. The molecule has 1 nitrogen and oxygen atoms in total. The van der Waals surface area contributed by atoms with Crippen LogP contribution in [0.25, 0.3) is 11.1 Å². The fourth-order valence-corrected chi connectivity index (χ4v) is 2.26. The molecular formula is C16H15BF4O. The van der Waals surface area contributed by atoms with E-state index in [0.29, 0.717) is 5.56 Å². The Balaban J connectivity index is 2.52. The van der Waals surface area contributed by atoms with E-state index < -0.39 is 29.4 Å². The Hall–Kier alpha value is -1.82. The average Bonchev–Trinajstić information content (AvgIpc) is 2.36. The number of hydrogen-bond donors (Lipinski definition) is 0. The molecular weight excluding hydrogens is 295 g/mol. The van der Waals surface area contributed by atoms with E-state index in [1.165, 1.54) is 13.8 Å². The number of alkyl halides is 2. The first-order chi connectivity index (χ1) is 10.2. The zero-order valence-corrected chi connectivity index (χ0v) is 12.5. The van der Waals surface area contributed by atoms with Crippen LogP contribution >= 0.6 is 0 Å². The summed E-state index contributed by atoms with van der Waals surface area (Å²) in [6.07, 6.45) is -4.89. The van der Waals surface area contributed by atoms with Crippen molar-refractivity contribution in [3.05, 3.63) is 53.6 Å². The Kier molecular flexibility index (Phi) is 4.61. The van der Waals surface area contributed by atoms with Crippen LogP contribution in [0, 0.1) is 11.6 Å². The molecule has 0 fully saturated rings. The molecule has 0 radical (unpaired) electrons. The summed E-state index contributed by atoms with van der Waals surface area (Å²) in [6, 6.07) is 8.74. The summed E-state index contributed by atoms with van der Waals surface area (Å²) >= 11 is 0. The molecule has 0 N–H and O–H groups in total. The van der Waals surface area contributed by atoms with Crippen LogP contribution in [0.15, 0.2) is 36.4 Å². The summed E-state index contributed by atoms with van der Waals surface area (Å²) in [5.74, 6) is -2.66. The first kappa shape index (κ1) is 16.6. The third kappa shape index (κ3) is 3.33. The normalized spacial score (nSPS) is 12.0. The van der Waals surface area contributed by atoms with Crippen molar-refractivity contribution in [1.29, 1.82) is 0 Å². The van der Waals surface area contributed by atoms with Gasteiger partial charge in [0.2, 0.25) is 0 Å². The van der Waals surface area contributed by atoms with Crippen molar-refractivity contribution in [2.45, 2.75) is 26.1 Å². The molecule has 0 amide bonds. The maximum atomic E-state index is 14.1. The van der Waals surface area contributed by atoms with Gasteiger partial charge < -0.3 is 4.74 Å². The Morgan fingerprint density at radius 2 is 1.59 bits per heavy atom. The molecule has 6 heteroatoms. The highest BCUT2D eigenvalue weighted by Crippen LogP contribution is 2.36. The average molecular weight is 310 g/mol. The van der Waals surface area contributed by atoms with Crippen LogP contribution in [0.4, 0.5) is 17.6 Å². The summed E-state index contributed by atoms with van der Waals surface area (Å²) in [5, 5.41) is 0. The van der Waals surface area contributed by atoms with Gasteiger partial charge in [0.1, 0.15) is 25.0 Å². The van der Waals surface area contributed by atoms with Crippen LogP contribution in [0.5, 0.6) is 0 Å². The lowest BCUT2D eigenvalue weighted by molar-refractivity contribution is -0.269. The molecule has 0 aliphatic heterocycles. The summed E-state index contributed by atoms with van der Waals surface area (Å²) < 4.78 is 60.2. The topological polar surface area (TPSA) is 9.23 Å². The summed E-state index contributed by atoms with van der Waals surface area (Å²) in [4.78, 5) is 0. The Labute approximate surface area is 127 Å². The van der Waals surface area contributed by atoms with Gasteiger partial charge in [0.05, 0.1) is 6.10 Å². The van der Waals surface area contributed by atoms with Gasteiger partial charge in [0.25, 0.3) is 0 Å². The Morgan fingerprint density at radius 3 is 2.09 bits per heavy atom. The molecule has 0 heterocycles. The van der Waals surface area contributed by atoms with E-state index in [4.69, 9.17) is 0 Å². The van der Waals surface area contributed by atoms with Crippen LogP contribution in [0.2, 0.25) is 0 Å². The second-order valence-corrected chi connectivity index (χ2v) is 5.31. The minimum absolute atomic E-state index is 0.206. The SMILES string of the molecule is Bc1ccccc1-c1cc(F)c(C(F)(F)OC(C)C)c(F)c1. The van der Waals surface area contributed by atoms with Gasteiger partial charge in [-0.2, -0.15) is 8.78 Å². The maximum Gasteiger partial charge on any atom is 0.389 e. The minimum Gasteiger partial charge on any atom is -0.314 e.